The zero-order valence-corrected chi connectivity index (χ0v) is 11.6. The average molecular weight is 274 g/mol. The monoisotopic (exact) mass is 274 g/mol. The Hall–Kier alpha value is -2.30. The summed E-state index contributed by atoms with van der Waals surface area (Å²) in [4.78, 5) is 26.1. The maximum absolute atomic E-state index is 11.7. The van der Waals surface area contributed by atoms with Crippen molar-refractivity contribution < 1.29 is 14.3 Å². The minimum atomic E-state index is -0.754. The first kappa shape index (κ1) is 14.1. The van der Waals surface area contributed by atoms with E-state index in [4.69, 9.17) is 4.74 Å². The molecule has 0 fully saturated rings. The van der Waals surface area contributed by atoms with Gasteiger partial charge >= 0.3 is 5.97 Å². The third-order valence-corrected chi connectivity index (χ3v) is 3.20. The van der Waals surface area contributed by atoms with E-state index in [9.17, 15) is 9.59 Å². The second kappa shape index (κ2) is 6.23. The fraction of sp³-hybridized carbons (Fsp3) is 0.333. The molecule has 1 aromatic carbocycles. The molecule has 106 valence electrons. The predicted octanol–water partition coefficient (Wildman–Crippen LogP) is 1.78. The zero-order chi connectivity index (χ0) is 14.5. The van der Waals surface area contributed by atoms with Crippen LogP contribution < -0.4 is 5.32 Å². The van der Waals surface area contributed by atoms with Crippen LogP contribution in [0.4, 0.5) is 0 Å². The Morgan fingerprint density at radius 3 is 2.85 bits per heavy atom. The molecule has 0 aliphatic rings. The summed E-state index contributed by atoms with van der Waals surface area (Å²) in [5.41, 5.74) is 2.12. The molecule has 2 rings (SSSR count). The molecule has 0 spiro atoms. The third kappa shape index (κ3) is 3.17. The molecule has 1 atom stereocenters. The minimum Gasteiger partial charge on any atom is -0.453 e. The van der Waals surface area contributed by atoms with Gasteiger partial charge in [-0.05, 0) is 25.0 Å². The van der Waals surface area contributed by atoms with E-state index in [0.717, 1.165) is 16.5 Å². The van der Waals surface area contributed by atoms with Gasteiger partial charge in [0.15, 0.2) is 6.10 Å². The van der Waals surface area contributed by atoms with Crippen LogP contribution >= 0.6 is 0 Å². The number of aromatic nitrogens is 1. The second-order valence-corrected chi connectivity index (χ2v) is 4.61. The maximum atomic E-state index is 11.7. The number of aromatic amines is 1. The largest absolute Gasteiger partial charge is 0.453 e. The topological polar surface area (TPSA) is 71.2 Å². The molecule has 0 saturated heterocycles. The van der Waals surface area contributed by atoms with E-state index >= 15 is 0 Å². The number of carbonyl (C=O) groups is 2. The van der Waals surface area contributed by atoms with Crippen LogP contribution in [0.15, 0.2) is 30.5 Å². The van der Waals surface area contributed by atoms with Gasteiger partial charge in [-0.1, -0.05) is 18.2 Å². The van der Waals surface area contributed by atoms with Crippen molar-refractivity contribution in [3.63, 3.8) is 0 Å². The smallest absolute Gasteiger partial charge is 0.306 e. The zero-order valence-electron chi connectivity index (χ0n) is 11.6. The number of amides is 1. The number of nitrogens with one attached hydrogen (secondary N) is 2. The normalized spacial score (nSPS) is 12.1. The molecule has 1 aromatic heterocycles. The molecule has 0 radical (unpaired) electrons. The number of ether oxygens (including phenoxy) is 1. The van der Waals surface area contributed by atoms with E-state index in [-0.39, 0.29) is 18.3 Å². The summed E-state index contributed by atoms with van der Waals surface area (Å²) in [6, 6.07) is 7.93. The van der Waals surface area contributed by atoms with Gasteiger partial charge in [-0.15, -0.1) is 0 Å². The molecule has 2 N–H and O–H groups in total. The number of H-pyrrole nitrogens is 1. The number of esters is 1. The fourth-order valence-corrected chi connectivity index (χ4v) is 2.09. The fourth-order valence-electron chi connectivity index (χ4n) is 2.09. The Morgan fingerprint density at radius 1 is 1.35 bits per heavy atom. The molecule has 2 aromatic rings. The summed E-state index contributed by atoms with van der Waals surface area (Å²) in [6.07, 6.45) is 1.99. The summed E-state index contributed by atoms with van der Waals surface area (Å²) in [6.45, 7) is 1.56. The number of aryl methyl sites for hydroxylation is 1. The Labute approximate surface area is 117 Å². The van der Waals surface area contributed by atoms with Crippen LogP contribution in [0.2, 0.25) is 0 Å². The first-order valence-corrected chi connectivity index (χ1v) is 6.58. The highest BCUT2D eigenvalue weighted by Gasteiger charge is 2.16. The summed E-state index contributed by atoms with van der Waals surface area (Å²) >= 11 is 0. The van der Waals surface area contributed by atoms with Crippen molar-refractivity contribution >= 4 is 22.8 Å². The van der Waals surface area contributed by atoms with Gasteiger partial charge in [0.1, 0.15) is 0 Å². The lowest BCUT2D eigenvalue weighted by Crippen LogP contribution is -2.33. The quantitative estimate of drug-likeness (QED) is 0.816. The van der Waals surface area contributed by atoms with Crippen LogP contribution in [0.3, 0.4) is 0 Å². The summed E-state index contributed by atoms with van der Waals surface area (Å²) < 4.78 is 5.05. The molecule has 20 heavy (non-hydrogen) atoms. The van der Waals surface area contributed by atoms with Crippen LogP contribution in [0.1, 0.15) is 18.9 Å². The molecular formula is C15H18N2O3. The summed E-state index contributed by atoms with van der Waals surface area (Å²) in [5, 5.41) is 3.55. The van der Waals surface area contributed by atoms with Crippen LogP contribution in [0.5, 0.6) is 0 Å². The average Bonchev–Trinajstić information content (AvgIpc) is 2.87. The highest BCUT2D eigenvalue weighted by atomic mass is 16.5. The van der Waals surface area contributed by atoms with Crippen molar-refractivity contribution in [2.45, 2.75) is 25.9 Å². The lowest BCUT2D eigenvalue weighted by atomic mass is 10.1. The number of carbonyl (C=O) groups excluding carboxylic acids is 2. The Bertz CT molecular complexity index is 618. The molecule has 5 heteroatoms. The van der Waals surface area contributed by atoms with Crippen molar-refractivity contribution in [3.05, 3.63) is 36.0 Å². The van der Waals surface area contributed by atoms with Gasteiger partial charge in [0.2, 0.25) is 0 Å². The molecule has 0 unspecified atom stereocenters. The molecule has 1 amide bonds. The van der Waals surface area contributed by atoms with Gasteiger partial charge in [-0.25, -0.2) is 0 Å². The number of benzene rings is 1. The lowest BCUT2D eigenvalue weighted by Gasteiger charge is -2.11. The summed E-state index contributed by atoms with van der Waals surface area (Å²) in [7, 11) is 1.51. The van der Waals surface area contributed by atoms with E-state index in [1.165, 1.54) is 7.05 Å². The lowest BCUT2D eigenvalue weighted by molar-refractivity contribution is -0.154. The Balaban J connectivity index is 1.92. The molecule has 0 saturated carbocycles. The highest BCUT2D eigenvalue weighted by molar-refractivity contribution is 5.85. The molecule has 0 bridgehead atoms. The van der Waals surface area contributed by atoms with Gasteiger partial charge < -0.3 is 15.0 Å². The number of fused-ring (bicyclic) bond motifs is 1. The minimum absolute atomic E-state index is 0.253. The van der Waals surface area contributed by atoms with Crippen LogP contribution in [-0.4, -0.2) is 30.0 Å². The van der Waals surface area contributed by atoms with Gasteiger partial charge in [0, 0.05) is 30.6 Å². The van der Waals surface area contributed by atoms with Crippen LogP contribution in [0, 0.1) is 0 Å². The van der Waals surface area contributed by atoms with Gasteiger partial charge in [0.05, 0.1) is 0 Å². The van der Waals surface area contributed by atoms with E-state index in [1.807, 2.05) is 30.5 Å². The number of para-hydroxylation sites is 1. The molecule has 5 nitrogen and oxygen atoms in total. The number of hydrogen-bond donors (Lipinski definition) is 2. The van der Waals surface area contributed by atoms with E-state index in [1.54, 1.807) is 6.92 Å². The van der Waals surface area contributed by atoms with Crippen LogP contribution in [0.25, 0.3) is 10.9 Å². The standard InChI is InChI=1S/C15H18N2O3/c1-10(15(19)16-2)20-14(18)8-7-11-9-17-13-6-4-3-5-12(11)13/h3-6,9-10,17H,7-8H2,1-2H3,(H,16,19)/t10-/m1/s1. The molecule has 0 aliphatic heterocycles. The van der Waals surface area contributed by atoms with Crippen molar-refractivity contribution in [2.75, 3.05) is 7.05 Å². The first-order valence-electron chi connectivity index (χ1n) is 6.58. The van der Waals surface area contributed by atoms with Gasteiger partial charge in [-0.2, -0.15) is 0 Å². The van der Waals surface area contributed by atoms with Crippen molar-refractivity contribution in [1.82, 2.24) is 10.3 Å². The van der Waals surface area contributed by atoms with Crippen molar-refractivity contribution in [3.8, 4) is 0 Å². The Kier molecular flexibility index (Phi) is 4.40. The van der Waals surface area contributed by atoms with Gasteiger partial charge in [-0.3, -0.25) is 9.59 Å². The van der Waals surface area contributed by atoms with Crippen molar-refractivity contribution in [2.24, 2.45) is 0 Å². The molecular weight excluding hydrogens is 256 g/mol. The number of rotatable bonds is 5. The molecule has 1 heterocycles. The van der Waals surface area contributed by atoms with Gasteiger partial charge in [0.25, 0.3) is 5.91 Å². The van der Waals surface area contributed by atoms with Crippen molar-refractivity contribution in [1.29, 1.82) is 0 Å². The number of hydrogen-bond acceptors (Lipinski definition) is 3. The summed E-state index contributed by atoms with van der Waals surface area (Å²) in [5.74, 6) is -0.670. The van der Waals surface area contributed by atoms with E-state index < -0.39 is 6.10 Å². The number of likely N-dealkylation sites (N-methyl/N-ethyl adjacent to an activating group) is 1. The predicted molar refractivity (Wildman–Crippen MR) is 76.2 cm³/mol. The second-order valence-electron chi connectivity index (χ2n) is 4.61. The maximum Gasteiger partial charge on any atom is 0.306 e. The molecule has 0 aliphatic carbocycles. The van der Waals surface area contributed by atoms with E-state index in [0.29, 0.717) is 6.42 Å². The first-order chi connectivity index (χ1) is 9.61. The van der Waals surface area contributed by atoms with E-state index in [2.05, 4.69) is 10.3 Å². The third-order valence-electron chi connectivity index (χ3n) is 3.20. The van der Waals surface area contributed by atoms with Crippen LogP contribution in [-0.2, 0) is 20.7 Å². The SMILES string of the molecule is CNC(=O)[C@@H](C)OC(=O)CCc1c[nH]c2ccccc12. The Morgan fingerprint density at radius 2 is 2.10 bits per heavy atom. The highest BCUT2D eigenvalue weighted by Crippen LogP contribution is 2.19.